The number of hydrogen-bond acceptors (Lipinski definition) is 3. The fraction of sp³-hybridized carbons (Fsp3) is 0.857. The van der Waals surface area contributed by atoms with Crippen molar-refractivity contribution in [2.75, 3.05) is 19.6 Å². The molecule has 4 heteroatoms. The van der Waals surface area contributed by atoms with Crippen molar-refractivity contribution in [1.29, 1.82) is 0 Å². The van der Waals surface area contributed by atoms with Crippen molar-refractivity contribution in [3.8, 4) is 0 Å². The lowest BCUT2D eigenvalue weighted by Crippen LogP contribution is -2.47. The summed E-state index contributed by atoms with van der Waals surface area (Å²) in [7, 11) is 0. The highest BCUT2D eigenvalue weighted by molar-refractivity contribution is 5.76. The number of amides is 1. The quantitative estimate of drug-likeness (QED) is 0.578. The molecule has 4 nitrogen and oxygen atoms in total. The molecule has 1 aliphatic heterocycles. The number of hydrogen-bond donors (Lipinski definition) is 2. The minimum atomic E-state index is 0.199. The van der Waals surface area contributed by atoms with Crippen LogP contribution in [0.2, 0.25) is 0 Å². The molecule has 1 rings (SSSR count). The van der Waals surface area contributed by atoms with E-state index in [1.54, 1.807) is 5.01 Å². The summed E-state index contributed by atoms with van der Waals surface area (Å²) in [6.45, 7) is 2.30. The molecule has 1 saturated heterocycles. The third-order valence-electron chi connectivity index (χ3n) is 1.76. The predicted octanol–water partition coefficient (Wildman–Crippen LogP) is -0.538. The summed E-state index contributed by atoms with van der Waals surface area (Å²) < 4.78 is 0. The lowest BCUT2D eigenvalue weighted by atomic mass is 10.2. The molecule has 3 N–H and O–H groups in total. The van der Waals surface area contributed by atoms with Crippen molar-refractivity contribution < 1.29 is 4.79 Å². The van der Waals surface area contributed by atoms with E-state index >= 15 is 0 Å². The Labute approximate surface area is 66.7 Å². The van der Waals surface area contributed by atoms with E-state index in [9.17, 15) is 4.79 Å². The first-order chi connectivity index (χ1) is 5.34. The Kier molecular flexibility index (Phi) is 3.32. The molecule has 0 saturated carbocycles. The maximum absolute atomic E-state index is 11.1. The molecule has 1 amide bonds. The summed E-state index contributed by atoms with van der Waals surface area (Å²) in [5.41, 5.74) is 8.36. The molecule has 0 atom stereocenters. The predicted molar refractivity (Wildman–Crippen MR) is 42.6 cm³/mol. The van der Waals surface area contributed by atoms with Gasteiger partial charge in [0.05, 0.1) is 0 Å². The average molecular weight is 157 g/mol. The summed E-state index contributed by atoms with van der Waals surface area (Å²) in [6, 6.07) is 0. The monoisotopic (exact) mass is 157 g/mol. The molecule has 0 aromatic heterocycles. The normalized spacial score (nSPS) is 19.0. The van der Waals surface area contributed by atoms with Crippen LogP contribution in [0.3, 0.4) is 0 Å². The molecule has 0 unspecified atom stereocenters. The van der Waals surface area contributed by atoms with Crippen LogP contribution in [-0.4, -0.2) is 30.6 Å². The first-order valence-electron chi connectivity index (χ1n) is 4.08. The molecular formula is C7H15N3O. The molecule has 0 aromatic carbocycles. The maximum Gasteiger partial charge on any atom is 0.236 e. The molecule has 0 spiro atoms. The third kappa shape index (κ3) is 2.48. The Balaban J connectivity index is 2.24. The van der Waals surface area contributed by atoms with Crippen molar-refractivity contribution in [2.45, 2.75) is 19.3 Å². The van der Waals surface area contributed by atoms with Gasteiger partial charge in [-0.25, -0.2) is 5.43 Å². The summed E-state index contributed by atoms with van der Waals surface area (Å²) >= 11 is 0. The summed E-state index contributed by atoms with van der Waals surface area (Å²) in [4.78, 5) is 11.1. The molecule has 0 radical (unpaired) electrons. The summed E-state index contributed by atoms with van der Waals surface area (Å²) in [5.74, 6) is 0.199. The van der Waals surface area contributed by atoms with Gasteiger partial charge in [0.2, 0.25) is 5.91 Å². The zero-order valence-electron chi connectivity index (χ0n) is 6.68. The molecule has 0 aromatic rings. The van der Waals surface area contributed by atoms with Crippen LogP contribution in [-0.2, 0) is 4.79 Å². The van der Waals surface area contributed by atoms with Gasteiger partial charge in [0.15, 0.2) is 0 Å². The van der Waals surface area contributed by atoms with Gasteiger partial charge in [-0.2, -0.15) is 0 Å². The number of hydrazine groups is 1. The van der Waals surface area contributed by atoms with Gasteiger partial charge < -0.3 is 5.73 Å². The van der Waals surface area contributed by atoms with Crippen LogP contribution >= 0.6 is 0 Å². The Morgan fingerprint density at radius 3 is 3.09 bits per heavy atom. The Bertz CT molecular complexity index is 138. The number of rotatable bonds is 3. The van der Waals surface area contributed by atoms with Crippen molar-refractivity contribution >= 4 is 5.91 Å². The summed E-state index contributed by atoms with van der Waals surface area (Å²) in [5, 5.41) is 1.68. The van der Waals surface area contributed by atoms with Gasteiger partial charge >= 0.3 is 0 Å². The van der Waals surface area contributed by atoms with Gasteiger partial charge in [-0.3, -0.25) is 9.80 Å². The van der Waals surface area contributed by atoms with Crippen LogP contribution in [0.15, 0.2) is 0 Å². The lowest BCUT2D eigenvalue weighted by molar-refractivity contribution is -0.136. The van der Waals surface area contributed by atoms with Gasteiger partial charge in [0, 0.05) is 19.5 Å². The second kappa shape index (κ2) is 4.31. The topological polar surface area (TPSA) is 58.4 Å². The van der Waals surface area contributed by atoms with Crippen LogP contribution in [0, 0.1) is 0 Å². The van der Waals surface area contributed by atoms with Crippen molar-refractivity contribution in [3.63, 3.8) is 0 Å². The van der Waals surface area contributed by atoms with E-state index < -0.39 is 0 Å². The van der Waals surface area contributed by atoms with E-state index in [4.69, 9.17) is 5.73 Å². The standard InChI is InChI=1S/C7H15N3O/c8-4-2-6-10-7(11)3-1-5-9-10/h9H,1-6,8H2. The Hall–Kier alpha value is -0.610. The largest absolute Gasteiger partial charge is 0.330 e. The minimum absolute atomic E-state index is 0.199. The Morgan fingerprint density at radius 2 is 2.45 bits per heavy atom. The lowest BCUT2D eigenvalue weighted by Gasteiger charge is -2.27. The third-order valence-corrected chi connectivity index (χ3v) is 1.76. The first kappa shape index (κ1) is 8.49. The second-order valence-electron chi connectivity index (χ2n) is 2.70. The highest BCUT2D eigenvalue weighted by Crippen LogP contribution is 2.01. The van der Waals surface area contributed by atoms with Crippen molar-refractivity contribution in [2.24, 2.45) is 5.73 Å². The van der Waals surface area contributed by atoms with E-state index in [1.807, 2.05) is 0 Å². The summed E-state index contributed by atoms with van der Waals surface area (Å²) in [6.07, 6.45) is 2.51. The fourth-order valence-corrected chi connectivity index (χ4v) is 1.13. The SMILES string of the molecule is NCCCN1NCCCC1=O. The van der Waals surface area contributed by atoms with Crippen LogP contribution in [0.1, 0.15) is 19.3 Å². The number of nitrogens with one attached hydrogen (secondary N) is 1. The van der Waals surface area contributed by atoms with E-state index in [0.29, 0.717) is 13.0 Å². The first-order valence-corrected chi connectivity index (χ1v) is 4.08. The molecule has 1 fully saturated rings. The average Bonchev–Trinajstić information content (AvgIpc) is 2.03. The van der Waals surface area contributed by atoms with Crippen LogP contribution in [0.5, 0.6) is 0 Å². The molecule has 11 heavy (non-hydrogen) atoms. The highest BCUT2D eigenvalue weighted by atomic mass is 16.2. The fourth-order valence-electron chi connectivity index (χ4n) is 1.13. The zero-order chi connectivity index (χ0) is 8.10. The number of carbonyl (C=O) groups is 1. The van der Waals surface area contributed by atoms with Crippen LogP contribution < -0.4 is 11.2 Å². The second-order valence-corrected chi connectivity index (χ2v) is 2.70. The number of nitrogens with two attached hydrogens (primary N) is 1. The molecule has 0 bridgehead atoms. The van der Waals surface area contributed by atoms with E-state index in [-0.39, 0.29) is 5.91 Å². The van der Waals surface area contributed by atoms with Gasteiger partial charge in [0.25, 0.3) is 0 Å². The Morgan fingerprint density at radius 1 is 1.64 bits per heavy atom. The van der Waals surface area contributed by atoms with E-state index in [0.717, 1.165) is 25.9 Å². The van der Waals surface area contributed by atoms with Gasteiger partial charge in [0.1, 0.15) is 0 Å². The highest BCUT2D eigenvalue weighted by Gasteiger charge is 2.15. The number of nitrogens with zero attached hydrogens (tertiary/aromatic N) is 1. The minimum Gasteiger partial charge on any atom is -0.330 e. The molecule has 64 valence electrons. The number of carbonyl (C=O) groups excluding carboxylic acids is 1. The molecule has 1 heterocycles. The van der Waals surface area contributed by atoms with Crippen molar-refractivity contribution in [3.05, 3.63) is 0 Å². The van der Waals surface area contributed by atoms with Crippen LogP contribution in [0.25, 0.3) is 0 Å². The zero-order valence-corrected chi connectivity index (χ0v) is 6.68. The van der Waals surface area contributed by atoms with Gasteiger partial charge in [-0.15, -0.1) is 0 Å². The van der Waals surface area contributed by atoms with E-state index in [1.165, 1.54) is 0 Å². The maximum atomic E-state index is 11.1. The van der Waals surface area contributed by atoms with E-state index in [2.05, 4.69) is 5.43 Å². The molecule has 0 aliphatic carbocycles. The van der Waals surface area contributed by atoms with Crippen molar-refractivity contribution in [1.82, 2.24) is 10.4 Å². The van der Waals surface area contributed by atoms with Crippen LogP contribution in [0.4, 0.5) is 0 Å². The van der Waals surface area contributed by atoms with Gasteiger partial charge in [-0.05, 0) is 19.4 Å². The molecule has 1 aliphatic rings. The molecular weight excluding hydrogens is 142 g/mol. The smallest absolute Gasteiger partial charge is 0.236 e. The van der Waals surface area contributed by atoms with Gasteiger partial charge in [-0.1, -0.05) is 0 Å².